The molecule has 11 heteroatoms. The van der Waals surface area contributed by atoms with Crippen LogP contribution in [0.15, 0.2) is 48.5 Å². The lowest BCUT2D eigenvalue weighted by atomic mass is 9.89. The molecular formula is C23H24Cl3NO6S. The number of rotatable bonds is 8. The number of methoxy groups -OCH3 is 1. The van der Waals surface area contributed by atoms with Crippen molar-refractivity contribution in [1.82, 2.24) is 4.90 Å². The summed E-state index contributed by atoms with van der Waals surface area (Å²) in [5.41, 5.74) is 1.33. The molecule has 1 aliphatic heterocycles. The van der Waals surface area contributed by atoms with Gasteiger partial charge in [-0.05, 0) is 41.8 Å². The molecule has 2 aromatic rings. The van der Waals surface area contributed by atoms with Crippen molar-refractivity contribution >= 4 is 54.8 Å². The summed E-state index contributed by atoms with van der Waals surface area (Å²) in [6, 6.07) is 12.3. The Labute approximate surface area is 213 Å². The molecule has 184 valence electrons. The van der Waals surface area contributed by atoms with Gasteiger partial charge in [0.15, 0.2) is 0 Å². The van der Waals surface area contributed by atoms with Crippen LogP contribution in [-0.4, -0.2) is 50.2 Å². The van der Waals surface area contributed by atoms with E-state index < -0.39 is 51.0 Å². The number of halogens is 3. The maximum atomic E-state index is 13.7. The molecule has 0 aliphatic carbocycles. The Balaban J connectivity index is 2.20. The van der Waals surface area contributed by atoms with Gasteiger partial charge in [0.1, 0.15) is 12.2 Å². The Morgan fingerprint density at radius 3 is 2.35 bits per heavy atom. The van der Waals surface area contributed by atoms with Crippen molar-refractivity contribution in [3.05, 3.63) is 69.7 Å². The number of hydrogen-bond acceptors (Lipinski definition) is 6. The van der Waals surface area contributed by atoms with Crippen LogP contribution in [0.3, 0.4) is 0 Å². The summed E-state index contributed by atoms with van der Waals surface area (Å²) in [4.78, 5) is 27.2. The lowest BCUT2D eigenvalue weighted by molar-refractivity contribution is -0.183. The van der Waals surface area contributed by atoms with Gasteiger partial charge in [-0.2, -0.15) is 0 Å². The number of nitrogens with zero attached hydrogens (tertiary/aromatic N) is 1. The average molecular weight is 549 g/mol. The molecule has 0 N–H and O–H groups in total. The summed E-state index contributed by atoms with van der Waals surface area (Å²) in [7, 11) is 2.86. The molecule has 0 aromatic heterocycles. The molecule has 1 saturated heterocycles. The highest BCUT2D eigenvalue weighted by Gasteiger charge is 2.47. The van der Waals surface area contributed by atoms with Gasteiger partial charge in [-0.3, -0.25) is 9.59 Å². The van der Waals surface area contributed by atoms with Crippen LogP contribution < -0.4 is 0 Å². The third kappa shape index (κ3) is 6.43. The van der Waals surface area contributed by atoms with Crippen molar-refractivity contribution < 1.29 is 27.5 Å². The van der Waals surface area contributed by atoms with E-state index in [-0.39, 0.29) is 6.42 Å². The zero-order valence-electron chi connectivity index (χ0n) is 18.5. The summed E-state index contributed by atoms with van der Waals surface area (Å²) in [6.45, 7) is 1.76. The third-order valence-electron chi connectivity index (χ3n) is 5.65. The number of ether oxygens (including phenoxy) is 2. The standard InChI is InChI=1S/C23H24Cl3NO6S/c1-3-18(13-34(26,30)31)27-21(14-7-9-16(24)10-8-14)22(15-5-4-6-17(25)11-15)33-19(23(27)29)12-20(28)32-2/h4-11,18-19,21-22H,3,12-13H2,1-2H3/t18?,19-,21+,22+/m0/s1. The lowest BCUT2D eigenvalue weighted by Gasteiger charge is -2.47. The van der Waals surface area contributed by atoms with Gasteiger partial charge in [-0.1, -0.05) is 54.4 Å². The largest absolute Gasteiger partial charge is 0.469 e. The molecule has 1 fully saturated rings. The maximum absolute atomic E-state index is 13.7. The molecule has 1 unspecified atom stereocenters. The highest BCUT2D eigenvalue weighted by molar-refractivity contribution is 8.13. The van der Waals surface area contributed by atoms with Crippen molar-refractivity contribution in [3.8, 4) is 0 Å². The first-order valence-electron chi connectivity index (χ1n) is 10.5. The minimum absolute atomic E-state index is 0.301. The molecule has 34 heavy (non-hydrogen) atoms. The van der Waals surface area contributed by atoms with E-state index in [4.69, 9.17) is 43.4 Å². The van der Waals surface area contributed by atoms with E-state index >= 15 is 0 Å². The summed E-state index contributed by atoms with van der Waals surface area (Å²) in [5, 5.41) is 0.955. The number of benzene rings is 2. The molecule has 3 rings (SSSR count). The van der Waals surface area contributed by atoms with Gasteiger partial charge in [-0.25, -0.2) is 8.42 Å². The molecule has 0 bridgehead atoms. The van der Waals surface area contributed by atoms with Crippen LogP contribution in [0, 0.1) is 0 Å². The van der Waals surface area contributed by atoms with Gasteiger partial charge in [-0.15, -0.1) is 0 Å². The second kappa shape index (κ2) is 11.3. The van der Waals surface area contributed by atoms with Crippen molar-refractivity contribution in [2.45, 2.75) is 44.1 Å². The normalized spacial score (nSPS) is 21.9. The van der Waals surface area contributed by atoms with E-state index in [2.05, 4.69) is 0 Å². The molecular weight excluding hydrogens is 525 g/mol. The van der Waals surface area contributed by atoms with Gasteiger partial charge in [0.05, 0.1) is 25.3 Å². The second-order valence-corrected chi connectivity index (χ2v) is 11.6. The van der Waals surface area contributed by atoms with Gasteiger partial charge in [0.25, 0.3) is 5.91 Å². The van der Waals surface area contributed by atoms with Gasteiger partial charge in [0, 0.05) is 26.8 Å². The molecule has 7 nitrogen and oxygen atoms in total. The SMILES string of the molecule is CCC(CS(=O)(=O)Cl)N1C(=O)[C@H](CC(=O)OC)O[C@H](c2cccc(Cl)c2)[C@H]1c1ccc(Cl)cc1. The zero-order chi connectivity index (χ0) is 25.0. The Morgan fingerprint density at radius 1 is 1.12 bits per heavy atom. The Hall–Kier alpha value is -1.84. The molecule has 1 amide bonds. The molecule has 0 spiro atoms. The van der Waals surface area contributed by atoms with Crippen LogP contribution in [0.1, 0.15) is 43.0 Å². The van der Waals surface area contributed by atoms with E-state index in [0.29, 0.717) is 27.6 Å². The lowest BCUT2D eigenvalue weighted by Crippen LogP contribution is -2.56. The summed E-state index contributed by atoms with van der Waals surface area (Å²) < 4.78 is 35.0. The number of amides is 1. The van der Waals surface area contributed by atoms with Crippen LogP contribution in [0.25, 0.3) is 0 Å². The van der Waals surface area contributed by atoms with E-state index in [1.807, 2.05) is 0 Å². The predicted molar refractivity (Wildman–Crippen MR) is 130 cm³/mol. The third-order valence-corrected chi connectivity index (χ3v) is 7.30. The van der Waals surface area contributed by atoms with Crippen molar-refractivity contribution in [1.29, 1.82) is 0 Å². The second-order valence-electron chi connectivity index (χ2n) is 7.89. The molecule has 0 radical (unpaired) electrons. The fraction of sp³-hybridized carbons (Fsp3) is 0.391. The molecule has 1 heterocycles. The monoisotopic (exact) mass is 547 g/mol. The van der Waals surface area contributed by atoms with E-state index in [0.717, 1.165) is 0 Å². The van der Waals surface area contributed by atoms with Crippen LogP contribution >= 0.6 is 33.9 Å². The highest BCUT2D eigenvalue weighted by Crippen LogP contribution is 2.44. The Morgan fingerprint density at radius 2 is 1.79 bits per heavy atom. The topological polar surface area (TPSA) is 90.0 Å². The first-order chi connectivity index (χ1) is 16.0. The molecule has 2 aromatic carbocycles. The summed E-state index contributed by atoms with van der Waals surface area (Å²) in [6.07, 6.45) is -1.98. The predicted octanol–water partition coefficient (Wildman–Crippen LogP) is 4.91. The highest BCUT2D eigenvalue weighted by atomic mass is 35.7. The van der Waals surface area contributed by atoms with Gasteiger partial charge >= 0.3 is 5.97 Å². The minimum atomic E-state index is -3.95. The summed E-state index contributed by atoms with van der Waals surface area (Å²) in [5.74, 6) is -1.63. The zero-order valence-corrected chi connectivity index (χ0v) is 21.6. The maximum Gasteiger partial charge on any atom is 0.308 e. The van der Waals surface area contributed by atoms with Crippen molar-refractivity contribution in [3.63, 3.8) is 0 Å². The van der Waals surface area contributed by atoms with Crippen molar-refractivity contribution in [2.24, 2.45) is 0 Å². The van der Waals surface area contributed by atoms with Crippen LogP contribution in [-0.2, 0) is 28.1 Å². The minimum Gasteiger partial charge on any atom is -0.469 e. The summed E-state index contributed by atoms with van der Waals surface area (Å²) >= 11 is 12.3. The van der Waals surface area contributed by atoms with Gasteiger partial charge in [0.2, 0.25) is 9.05 Å². The number of morpholine rings is 1. The number of esters is 1. The van der Waals surface area contributed by atoms with Crippen LogP contribution in [0.5, 0.6) is 0 Å². The smallest absolute Gasteiger partial charge is 0.308 e. The molecule has 1 aliphatic rings. The number of hydrogen-bond donors (Lipinski definition) is 0. The van der Waals surface area contributed by atoms with E-state index in [1.165, 1.54) is 12.0 Å². The number of carbonyl (C=O) groups excluding carboxylic acids is 2. The van der Waals surface area contributed by atoms with Gasteiger partial charge < -0.3 is 14.4 Å². The van der Waals surface area contributed by atoms with E-state index in [9.17, 15) is 18.0 Å². The Bertz CT molecular complexity index is 1140. The fourth-order valence-electron chi connectivity index (χ4n) is 4.10. The molecule has 4 atom stereocenters. The van der Waals surface area contributed by atoms with Crippen LogP contribution in [0.4, 0.5) is 0 Å². The molecule has 0 saturated carbocycles. The quantitative estimate of drug-likeness (QED) is 0.344. The van der Waals surface area contributed by atoms with E-state index in [1.54, 1.807) is 55.5 Å². The Kier molecular flexibility index (Phi) is 8.87. The average Bonchev–Trinajstić information content (AvgIpc) is 2.78. The van der Waals surface area contributed by atoms with Crippen molar-refractivity contribution in [2.75, 3.05) is 12.9 Å². The van der Waals surface area contributed by atoms with Crippen LogP contribution in [0.2, 0.25) is 10.0 Å². The first-order valence-corrected chi connectivity index (χ1v) is 13.7. The number of carbonyl (C=O) groups is 2. The fourth-order valence-corrected chi connectivity index (χ4v) is 5.72. The first kappa shape index (κ1) is 26.8.